The predicted molar refractivity (Wildman–Crippen MR) is 67.9 cm³/mol. The van der Waals surface area contributed by atoms with Crippen LogP contribution in [0.3, 0.4) is 0 Å². The Morgan fingerprint density at radius 3 is 2.35 bits per heavy atom. The molecule has 0 aliphatic carbocycles. The first-order valence-corrected chi connectivity index (χ1v) is 5.44. The van der Waals surface area contributed by atoms with Crippen molar-refractivity contribution in [3.63, 3.8) is 0 Å². The molecule has 90 valence electrons. The molecule has 3 heteroatoms. The molecule has 17 heavy (non-hydrogen) atoms. The van der Waals surface area contributed by atoms with E-state index < -0.39 is 12.0 Å². The molecule has 1 aromatic carbocycles. The SMILES string of the molecule is C#CCN[C@@H](C(=O)O)c1c(C)cc(C)cc1C. The summed E-state index contributed by atoms with van der Waals surface area (Å²) in [5.41, 5.74) is 3.88. The minimum Gasteiger partial charge on any atom is -0.480 e. The highest BCUT2D eigenvalue weighted by molar-refractivity contribution is 5.77. The van der Waals surface area contributed by atoms with E-state index in [0.717, 1.165) is 22.3 Å². The van der Waals surface area contributed by atoms with Gasteiger partial charge >= 0.3 is 5.97 Å². The Morgan fingerprint density at radius 2 is 1.94 bits per heavy atom. The molecule has 0 aliphatic heterocycles. The van der Waals surface area contributed by atoms with Crippen LogP contribution in [-0.2, 0) is 4.79 Å². The van der Waals surface area contributed by atoms with Crippen molar-refractivity contribution in [2.45, 2.75) is 26.8 Å². The Labute approximate surface area is 102 Å². The van der Waals surface area contributed by atoms with Gasteiger partial charge in [0.15, 0.2) is 0 Å². The van der Waals surface area contributed by atoms with E-state index in [-0.39, 0.29) is 6.54 Å². The summed E-state index contributed by atoms with van der Waals surface area (Å²) in [6, 6.07) is 3.22. The number of aryl methyl sites for hydroxylation is 3. The Balaban J connectivity index is 3.19. The Bertz CT molecular complexity index is 449. The molecule has 0 bridgehead atoms. The lowest BCUT2D eigenvalue weighted by Gasteiger charge is -2.19. The summed E-state index contributed by atoms with van der Waals surface area (Å²) in [4.78, 5) is 11.3. The quantitative estimate of drug-likeness (QED) is 0.779. The number of carboxylic acid groups (broad SMARTS) is 1. The third-order valence-electron chi connectivity index (χ3n) is 2.68. The lowest BCUT2D eigenvalue weighted by Crippen LogP contribution is -2.30. The van der Waals surface area contributed by atoms with Gasteiger partial charge in [-0.1, -0.05) is 23.6 Å². The average Bonchev–Trinajstić information content (AvgIpc) is 2.20. The first kappa shape index (κ1) is 13.3. The van der Waals surface area contributed by atoms with Gasteiger partial charge in [-0.3, -0.25) is 10.1 Å². The molecule has 0 saturated heterocycles. The zero-order chi connectivity index (χ0) is 13.0. The second-order valence-electron chi connectivity index (χ2n) is 4.17. The van der Waals surface area contributed by atoms with E-state index in [4.69, 9.17) is 6.42 Å². The minimum absolute atomic E-state index is 0.240. The van der Waals surface area contributed by atoms with Crippen molar-refractivity contribution in [2.75, 3.05) is 6.54 Å². The van der Waals surface area contributed by atoms with Gasteiger partial charge in [0.1, 0.15) is 6.04 Å². The van der Waals surface area contributed by atoms with E-state index in [1.165, 1.54) is 0 Å². The summed E-state index contributed by atoms with van der Waals surface area (Å²) in [6.45, 7) is 6.07. The summed E-state index contributed by atoms with van der Waals surface area (Å²) in [5, 5.41) is 12.1. The highest BCUT2D eigenvalue weighted by Gasteiger charge is 2.22. The number of carboxylic acids is 1. The van der Waals surface area contributed by atoms with Gasteiger partial charge in [0.05, 0.1) is 6.54 Å². The third kappa shape index (κ3) is 3.08. The summed E-state index contributed by atoms with van der Waals surface area (Å²) in [5.74, 6) is 1.49. The van der Waals surface area contributed by atoms with Crippen LogP contribution in [0.5, 0.6) is 0 Å². The summed E-state index contributed by atoms with van der Waals surface area (Å²) < 4.78 is 0. The molecule has 0 saturated carbocycles. The maximum atomic E-state index is 11.3. The van der Waals surface area contributed by atoms with Crippen LogP contribution in [0, 0.1) is 33.1 Å². The number of benzene rings is 1. The van der Waals surface area contributed by atoms with Crippen molar-refractivity contribution in [3.8, 4) is 12.3 Å². The van der Waals surface area contributed by atoms with E-state index in [1.54, 1.807) is 0 Å². The molecule has 0 spiro atoms. The van der Waals surface area contributed by atoms with Crippen LogP contribution in [0.1, 0.15) is 28.3 Å². The first-order chi connectivity index (χ1) is 7.97. The topological polar surface area (TPSA) is 49.3 Å². The van der Waals surface area contributed by atoms with Crippen molar-refractivity contribution < 1.29 is 9.90 Å². The number of hydrogen-bond acceptors (Lipinski definition) is 2. The van der Waals surface area contributed by atoms with Gasteiger partial charge in [-0.15, -0.1) is 6.42 Å². The van der Waals surface area contributed by atoms with E-state index >= 15 is 0 Å². The van der Waals surface area contributed by atoms with Gasteiger partial charge in [0.25, 0.3) is 0 Å². The fourth-order valence-electron chi connectivity index (χ4n) is 2.12. The van der Waals surface area contributed by atoms with E-state index in [2.05, 4.69) is 11.2 Å². The van der Waals surface area contributed by atoms with Crippen LogP contribution in [0.4, 0.5) is 0 Å². The smallest absolute Gasteiger partial charge is 0.325 e. The largest absolute Gasteiger partial charge is 0.480 e. The second-order valence-corrected chi connectivity index (χ2v) is 4.17. The van der Waals surface area contributed by atoms with Gasteiger partial charge in [0.2, 0.25) is 0 Å². The van der Waals surface area contributed by atoms with Crippen molar-refractivity contribution in [2.24, 2.45) is 0 Å². The summed E-state index contributed by atoms with van der Waals surface area (Å²) in [7, 11) is 0. The molecule has 0 heterocycles. The molecule has 0 unspecified atom stereocenters. The summed E-state index contributed by atoms with van der Waals surface area (Å²) >= 11 is 0. The highest BCUT2D eigenvalue weighted by atomic mass is 16.4. The fraction of sp³-hybridized carbons (Fsp3) is 0.357. The zero-order valence-corrected chi connectivity index (χ0v) is 10.4. The molecule has 1 aromatic rings. The molecule has 0 fully saturated rings. The average molecular weight is 231 g/mol. The van der Waals surface area contributed by atoms with Crippen LogP contribution in [0.15, 0.2) is 12.1 Å². The molecule has 0 aliphatic rings. The first-order valence-electron chi connectivity index (χ1n) is 5.44. The fourth-order valence-corrected chi connectivity index (χ4v) is 2.12. The van der Waals surface area contributed by atoms with Gasteiger partial charge in [0, 0.05) is 0 Å². The van der Waals surface area contributed by atoms with Gasteiger partial charge < -0.3 is 5.11 Å². The monoisotopic (exact) mass is 231 g/mol. The Hall–Kier alpha value is -1.79. The van der Waals surface area contributed by atoms with E-state index in [1.807, 2.05) is 32.9 Å². The molecule has 0 amide bonds. The lowest BCUT2D eigenvalue weighted by molar-refractivity contribution is -0.139. The predicted octanol–water partition coefficient (Wildman–Crippen LogP) is 1.96. The van der Waals surface area contributed by atoms with Gasteiger partial charge in [-0.25, -0.2) is 0 Å². The van der Waals surface area contributed by atoms with Crippen LogP contribution in [-0.4, -0.2) is 17.6 Å². The van der Waals surface area contributed by atoms with Crippen LogP contribution in [0.25, 0.3) is 0 Å². The number of carbonyl (C=O) groups is 1. The normalized spacial score (nSPS) is 11.9. The maximum absolute atomic E-state index is 11.3. The van der Waals surface area contributed by atoms with Crippen molar-refractivity contribution >= 4 is 5.97 Å². The van der Waals surface area contributed by atoms with Gasteiger partial charge in [-0.2, -0.15) is 0 Å². The number of hydrogen-bond donors (Lipinski definition) is 2. The number of rotatable bonds is 4. The Morgan fingerprint density at radius 1 is 1.41 bits per heavy atom. The molecule has 0 aromatic heterocycles. The molecular formula is C14H17NO2. The molecular weight excluding hydrogens is 214 g/mol. The number of terminal acetylenes is 1. The molecule has 2 N–H and O–H groups in total. The van der Waals surface area contributed by atoms with Crippen molar-refractivity contribution in [3.05, 3.63) is 34.4 Å². The third-order valence-corrected chi connectivity index (χ3v) is 2.68. The maximum Gasteiger partial charge on any atom is 0.325 e. The lowest BCUT2D eigenvalue weighted by atomic mass is 9.94. The molecule has 1 atom stereocenters. The van der Waals surface area contributed by atoms with Crippen molar-refractivity contribution in [1.29, 1.82) is 0 Å². The molecule has 1 rings (SSSR count). The Kier molecular flexibility index (Phi) is 4.30. The minimum atomic E-state index is -0.907. The van der Waals surface area contributed by atoms with E-state index in [0.29, 0.717) is 0 Å². The number of aliphatic carboxylic acids is 1. The van der Waals surface area contributed by atoms with Crippen LogP contribution >= 0.6 is 0 Å². The standard InChI is InChI=1S/C14H17NO2/c1-5-6-15-13(14(16)17)12-10(3)7-9(2)8-11(12)4/h1,7-8,13,15H,6H2,2-4H3,(H,16,17)/t13-/m1/s1. The summed E-state index contributed by atoms with van der Waals surface area (Å²) in [6.07, 6.45) is 5.15. The van der Waals surface area contributed by atoms with Gasteiger partial charge in [-0.05, 0) is 37.5 Å². The van der Waals surface area contributed by atoms with E-state index in [9.17, 15) is 9.90 Å². The van der Waals surface area contributed by atoms with Crippen LogP contribution in [0.2, 0.25) is 0 Å². The second kappa shape index (κ2) is 5.51. The zero-order valence-electron chi connectivity index (χ0n) is 10.4. The molecule has 0 radical (unpaired) electrons. The van der Waals surface area contributed by atoms with Crippen molar-refractivity contribution in [1.82, 2.24) is 5.32 Å². The van der Waals surface area contributed by atoms with Crippen LogP contribution < -0.4 is 5.32 Å². The molecule has 3 nitrogen and oxygen atoms in total. The number of nitrogens with one attached hydrogen (secondary N) is 1. The highest BCUT2D eigenvalue weighted by Crippen LogP contribution is 2.23.